The van der Waals surface area contributed by atoms with Crippen molar-refractivity contribution in [1.29, 1.82) is 0 Å². The number of aryl methyl sites for hydroxylation is 2. The van der Waals surface area contributed by atoms with Crippen molar-refractivity contribution in [3.63, 3.8) is 0 Å². The Hall–Kier alpha value is -4.64. The van der Waals surface area contributed by atoms with Gasteiger partial charge in [0.25, 0.3) is 11.8 Å². The van der Waals surface area contributed by atoms with Crippen LogP contribution in [0.2, 0.25) is 0 Å². The molecule has 0 radical (unpaired) electrons. The number of anilines is 1. The quantitative estimate of drug-likeness (QED) is 0.293. The number of imide groups is 1. The molecule has 0 aliphatic heterocycles. The molecule has 0 aliphatic rings. The number of pyridine rings is 2. The van der Waals surface area contributed by atoms with Crippen molar-refractivity contribution in [3.8, 4) is 11.4 Å². The lowest BCUT2D eigenvalue weighted by molar-refractivity contribution is 0.0897. The molecular formula is C30H23N3O2. The highest BCUT2D eigenvalue weighted by atomic mass is 16.2. The molecular weight excluding hydrogens is 434 g/mol. The Morgan fingerprint density at radius 1 is 0.657 bits per heavy atom. The van der Waals surface area contributed by atoms with Gasteiger partial charge in [0, 0.05) is 22.7 Å². The van der Waals surface area contributed by atoms with Gasteiger partial charge in [-0.15, -0.1) is 0 Å². The van der Waals surface area contributed by atoms with Crippen molar-refractivity contribution < 1.29 is 9.59 Å². The van der Waals surface area contributed by atoms with Crippen LogP contribution in [0.4, 0.5) is 5.82 Å². The average Bonchev–Trinajstić information content (AvgIpc) is 2.91. The maximum absolute atomic E-state index is 14.0. The third-order valence-corrected chi connectivity index (χ3v) is 6.04. The number of hydrogen-bond acceptors (Lipinski definition) is 4. The van der Waals surface area contributed by atoms with Gasteiger partial charge in [-0.25, -0.2) is 9.88 Å². The molecule has 0 bridgehead atoms. The maximum Gasteiger partial charge on any atom is 0.266 e. The van der Waals surface area contributed by atoms with Gasteiger partial charge in [-0.1, -0.05) is 54.6 Å². The molecule has 5 nitrogen and oxygen atoms in total. The molecule has 0 unspecified atom stereocenters. The summed E-state index contributed by atoms with van der Waals surface area (Å²) in [6.45, 7) is 3.94. The zero-order valence-corrected chi connectivity index (χ0v) is 19.5. The van der Waals surface area contributed by atoms with Crippen LogP contribution < -0.4 is 4.90 Å². The molecule has 0 aliphatic carbocycles. The third-order valence-electron chi connectivity index (χ3n) is 6.04. The highest BCUT2D eigenvalue weighted by Gasteiger charge is 2.29. The van der Waals surface area contributed by atoms with Crippen LogP contribution in [0, 0.1) is 13.8 Å². The smallest absolute Gasteiger partial charge is 0.266 e. The van der Waals surface area contributed by atoms with Crippen LogP contribution >= 0.6 is 0 Å². The fourth-order valence-electron chi connectivity index (χ4n) is 3.99. The first-order valence-electron chi connectivity index (χ1n) is 11.4. The van der Waals surface area contributed by atoms with Crippen LogP contribution in [-0.4, -0.2) is 21.8 Å². The summed E-state index contributed by atoms with van der Waals surface area (Å²) in [5.74, 6) is -0.594. The van der Waals surface area contributed by atoms with E-state index >= 15 is 0 Å². The number of carbonyl (C=O) groups excluding carboxylic acids is 2. The molecule has 0 fully saturated rings. The summed E-state index contributed by atoms with van der Waals surface area (Å²) in [5, 5.41) is 1.56. The lowest BCUT2D eigenvalue weighted by Gasteiger charge is -2.23. The Kier molecular flexibility index (Phi) is 5.90. The van der Waals surface area contributed by atoms with Crippen molar-refractivity contribution in [1.82, 2.24) is 9.97 Å². The largest absolute Gasteiger partial charge is 0.268 e. The number of fused-ring (bicyclic) bond motifs is 1. The molecule has 2 aromatic heterocycles. The van der Waals surface area contributed by atoms with Crippen LogP contribution in [0.5, 0.6) is 0 Å². The molecule has 2 amide bonds. The fourth-order valence-corrected chi connectivity index (χ4v) is 3.99. The van der Waals surface area contributed by atoms with E-state index in [2.05, 4.69) is 4.98 Å². The van der Waals surface area contributed by atoms with E-state index in [1.807, 2.05) is 80.6 Å². The molecule has 35 heavy (non-hydrogen) atoms. The summed E-state index contributed by atoms with van der Waals surface area (Å²) in [7, 11) is 0. The summed E-state index contributed by atoms with van der Waals surface area (Å²) in [5.41, 5.74) is 4.11. The number of rotatable bonds is 4. The molecule has 0 saturated carbocycles. The second-order valence-electron chi connectivity index (χ2n) is 8.38. The minimum absolute atomic E-state index is 0.279. The van der Waals surface area contributed by atoms with Crippen LogP contribution in [0.15, 0.2) is 103 Å². The Morgan fingerprint density at radius 2 is 1.37 bits per heavy atom. The highest BCUT2D eigenvalue weighted by Crippen LogP contribution is 2.31. The summed E-state index contributed by atoms with van der Waals surface area (Å²) in [6.07, 6.45) is 1.69. The van der Waals surface area contributed by atoms with Crippen LogP contribution in [-0.2, 0) is 0 Å². The van der Waals surface area contributed by atoms with Crippen molar-refractivity contribution in [2.24, 2.45) is 0 Å². The monoisotopic (exact) mass is 457 g/mol. The van der Waals surface area contributed by atoms with Crippen molar-refractivity contribution in [3.05, 3.63) is 126 Å². The molecule has 0 N–H and O–H groups in total. The summed E-state index contributed by atoms with van der Waals surface area (Å²) in [6, 6.07) is 29.4. The van der Waals surface area contributed by atoms with E-state index in [9.17, 15) is 9.59 Å². The normalized spacial score (nSPS) is 10.8. The van der Waals surface area contributed by atoms with Gasteiger partial charge in [-0.05, 0) is 72.8 Å². The third kappa shape index (κ3) is 4.32. The first-order valence-corrected chi connectivity index (χ1v) is 11.4. The summed E-state index contributed by atoms with van der Waals surface area (Å²) < 4.78 is 0. The molecule has 3 aromatic carbocycles. The number of hydrogen-bond donors (Lipinski definition) is 0. The molecule has 0 atom stereocenters. The van der Waals surface area contributed by atoms with Gasteiger partial charge >= 0.3 is 0 Å². The minimum atomic E-state index is -0.440. The van der Waals surface area contributed by atoms with Gasteiger partial charge in [-0.3, -0.25) is 14.6 Å². The lowest BCUT2D eigenvalue weighted by atomic mass is 10.0. The second-order valence-corrected chi connectivity index (χ2v) is 8.38. The molecule has 5 heteroatoms. The predicted molar refractivity (Wildman–Crippen MR) is 138 cm³/mol. The van der Waals surface area contributed by atoms with E-state index in [1.54, 1.807) is 36.5 Å². The van der Waals surface area contributed by atoms with E-state index in [0.29, 0.717) is 27.9 Å². The van der Waals surface area contributed by atoms with Crippen LogP contribution in [0.3, 0.4) is 0 Å². The van der Waals surface area contributed by atoms with E-state index in [4.69, 9.17) is 4.98 Å². The van der Waals surface area contributed by atoms with E-state index in [1.165, 1.54) is 4.90 Å². The topological polar surface area (TPSA) is 63.2 Å². The number of carbonyl (C=O) groups is 2. The SMILES string of the molecule is Cc1ccc(C(=O)N(C(=O)c2ccccc2)c2nc(-c3ccccn3)cc3ccccc23)cc1C. The van der Waals surface area contributed by atoms with E-state index < -0.39 is 11.8 Å². The summed E-state index contributed by atoms with van der Waals surface area (Å²) >= 11 is 0. The number of amides is 2. The standard InChI is InChI=1S/C30H23N3O2/c1-20-15-16-24(18-21(20)2)30(35)33(29(34)22-10-4-3-5-11-22)28-25-13-7-6-12-23(25)19-27(32-28)26-14-8-9-17-31-26/h3-19H,1-2H3. The molecule has 5 aromatic rings. The zero-order chi connectivity index (χ0) is 24.4. The Balaban J connectivity index is 1.76. The predicted octanol–water partition coefficient (Wildman–Crippen LogP) is 6.40. The van der Waals surface area contributed by atoms with Crippen LogP contribution in [0.25, 0.3) is 22.2 Å². The molecule has 170 valence electrons. The van der Waals surface area contributed by atoms with Crippen molar-refractivity contribution >= 4 is 28.4 Å². The Morgan fingerprint density at radius 3 is 2.11 bits per heavy atom. The number of benzene rings is 3. The van der Waals surface area contributed by atoms with Gasteiger partial charge in [-0.2, -0.15) is 0 Å². The first-order chi connectivity index (χ1) is 17.0. The zero-order valence-electron chi connectivity index (χ0n) is 19.5. The average molecular weight is 458 g/mol. The molecule has 2 heterocycles. The summed E-state index contributed by atoms with van der Waals surface area (Å²) in [4.78, 5) is 38.3. The first kappa shape index (κ1) is 22.2. The van der Waals surface area contributed by atoms with Gasteiger partial charge in [0.2, 0.25) is 0 Å². The maximum atomic E-state index is 14.0. The van der Waals surface area contributed by atoms with Crippen molar-refractivity contribution in [2.75, 3.05) is 4.90 Å². The van der Waals surface area contributed by atoms with E-state index in [-0.39, 0.29) is 5.82 Å². The van der Waals surface area contributed by atoms with Gasteiger partial charge in [0.15, 0.2) is 5.82 Å². The van der Waals surface area contributed by atoms with Crippen LogP contribution in [0.1, 0.15) is 31.8 Å². The van der Waals surface area contributed by atoms with Gasteiger partial charge < -0.3 is 0 Å². The van der Waals surface area contributed by atoms with E-state index in [0.717, 1.165) is 16.5 Å². The van der Waals surface area contributed by atoms with Gasteiger partial charge in [0.1, 0.15) is 0 Å². The number of nitrogens with zero attached hydrogens (tertiary/aromatic N) is 3. The fraction of sp³-hybridized carbons (Fsp3) is 0.0667. The van der Waals surface area contributed by atoms with Crippen molar-refractivity contribution in [2.45, 2.75) is 13.8 Å². The Bertz CT molecular complexity index is 1550. The second kappa shape index (κ2) is 9.31. The molecule has 0 spiro atoms. The Labute approximate surface area is 203 Å². The molecule has 5 rings (SSSR count). The minimum Gasteiger partial charge on any atom is -0.268 e. The highest BCUT2D eigenvalue weighted by molar-refractivity contribution is 6.27. The lowest BCUT2D eigenvalue weighted by Crippen LogP contribution is -2.38. The molecule has 0 saturated heterocycles. The van der Waals surface area contributed by atoms with Gasteiger partial charge in [0.05, 0.1) is 11.4 Å². The number of aromatic nitrogens is 2.